The Kier molecular flexibility index (Phi) is 8.17. The second-order valence-electron chi connectivity index (χ2n) is 4.52. The number of rotatable bonds is 9. The monoisotopic (exact) mass is 280 g/mol. The van der Waals surface area contributed by atoms with Crippen LogP contribution in [0, 0.1) is 0 Å². The highest BCUT2D eigenvalue weighted by atomic mass is 28.3. The van der Waals surface area contributed by atoms with E-state index in [1.807, 2.05) is 37.3 Å². The first kappa shape index (κ1) is 15.9. The van der Waals surface area contributed by atoms with Crippen LogP contribution in [0.5, 0.6) is 0 Å². The van der Waals surface area contributed by atoms with Crippen LogP contribution >= 0.6 is 0 Å². The van der Waals surface area contributed by atoms with E-state index in [4.69, 9.17) is 8.85 Å². The molecule has 0 aliphatic carbocycles. The average Bonchev–Trinajstić information content (AvgIpc) is 2.40. The molecular formula is C15H24O3Si. The van der Waals surface area contributed by atoms with Crippen LogP contribution in [0.1, 0.15) is 45.1 Å². The van der Waals surface area contributed by atoms with Crippen LogP contribution in [0.4, 0.5) is 0 Å². The van der Waals surface area contributed by atoms with E-state index < -0.39 is 9.28 Å². The molecule has 0 aliphatic heterocycles. The lowest BCUT2D eigenvalue weighted by Gasteiger charge is -2.16. The van der Waals surface area contributed by atoms with E-state index in [-0.39, 0.29) is 5.97 Å². The smallest absolute Gasteiger partial charge is 0.389 e. The van der Waals surface area contributed by atoms with E-state index >= 15 is 0 Å². The molecule has 0 aliphatic rings. The van der Waals surface area contributed by atoms with Crippen molar-refractivity contribution >= 4 is 15.3 Å². The summed E-state index contributed by atoms with van der Waals surface area (Å²) in [4.78, 5) is 11.7. The molecule has 0 saturated carbocycles. The Hall–Kier alpha value is -1.13. The Morgan fingerprint density at radius 3 is 2.53 bits per heavy atom. The fourth-order valence-electron chi connectivity index (χ4n) is 1.85. The first-order valence-electron chi connectivity index (χ1n) is 7.11. The van der Waals surface area contributed by atoms with Crippen molar-refractivity contribution in [1.82, 2.24) is 0 Å². The predicted molar refractivity (Wildman–Crippen MR) is 79.2 cm³/mol. The molecule has 0 radical (unpaired) electrons. The van der Waals surface area contributed by atoms with Crippen molar-refractivity contribution in [3.63, 3.8) is 0 Å². The molecule has 0 heterocycles. The summed E-state index contributed by atoms with van der Waals surface area (Å²) >= 11 is 0. The van der Waals surface area contributed by atoms with Crippen LogP contribution < -0.4 is 0 Å². The van der Waals surface area contributed by atoms with Gasteiger partial charge in [-0.3, -0.25) is 4.79 Å². The van der Waals surface area contributed by atoms with Crippen molar-refractivity contribution in [3.05, 3.63) is 35.9 Å². The summed E-state index contributed by atoms with van der Waals surface area (Å²) in [7, 11) is -1.92. The van der Waals surface area contributed by atoms with Crippen LogP contribution in [0.25, 0.3) is 0 Å². The molecular weight excluding hydrogens is 256 g/mol. The molecule has 1 atom stereocenters. The zero-order valence-electron chi connectivity index (χ0n) is 11.9. The van der Waals surface area contributed by atoms with Crippen molar-refractivity contribution in [2.24, 2.45) is 0 Å². The first-order chi connectivity index (χ1) is 9.26. The highest BCUT2D eigenvalue weighted by molar-refractivity contribution is 6.46. The van der Waals surface area contributed by atoms with Gasteiger partial charge < -0.3 is 8.85 Å². The SMILES string of the molecule is CCCCCC(=O)O[SiH](Cc1ccccc1)OCC. The molecule has 1 rings (SSSR count). The summed E-state index contributed by atoms with van der Waals surface area (Å²) in [5, 5.41) is 0. The quantitative estimate of drug-likeness (QED) is 0.515. The van der Waals surface area contributed by atoms with Gasteiger partial charge in [0.25, 0.3) is 5.97 Å². The third kappa shape index (κ3) is 7.13. The third-order valence-corrected chi connectivity index (χ3v) is 4.88. The Morgan fingerprint density at radius 1 is 1.16 bits per heavy atom. The highest BCUT2D eigenvalue weighted by Gasteiger charge is 2.18. The van der Waals surface area contributed by atoms with Crippen molar-refractivity contribution < 1.29 is 13.6 Å². The Bertz CT molecular complexity index is 354. The maximum atomic E-state index is 11.7. The molecule has 0 aromatic heterocycles. The highest BCUT2D eigenvalue weighted by Crippen LogP contribution is 2.07. The van der Waals surface area contributed by atoms with E-state index in [1.165, 1.54) is 5.56 Å². The summed E-state index contributed by atoms with van der Waals surface area (Å²) in [6.07, 6.45) is 3.62. The van der Waals surface area contributed by atoms with Gasteiger partial charge in [0.05, 0.1) is 0 Å². The maximum absolute atomic E-state index is 11.7. The maximum Gasteiger partial charge on any atom is 0.389 e. The van der Waals surface area contributed by atoms with Gasteiger partial charge in [-0.15, -0.1) is 0 Å². The molecule has 1 unspecified atom stereocenters. The molecule has 1 aromatic carbocycles. The van der Waals surface area contributed by atoms with Gasteiger partial charge in [0.2, 0.25) is 0 Å². The van der Waals surface area contributed by atoms with Gasteiger partial charge in [-0.1, -0.05) is 50.1 Å². The number of hydrogen-bond donors (Lipinski definition) is 0. The minimum atomic E-state index is -1.92. The second kappa shape index (κ2) is 9.75. The summed E-state index contributed by atoms with van der Waals surface area (Å²) in [5.74, 6) is -0.102. The van der Waals surface area contributed by atoms with Crippen molar-refractivity contribution in [3.8, 4) is 0 Å². The normalized spacial score (nSPS) is 12.1. The lowest BCUT2D eigenvalue weighted by molar-refractivity contribution is -0.136. The topological polar surface area (TPSA) is 35.5 Å². The van der Waals surface area contributed by atoms with Crippen LogP contribution in [0.2, 0.25) is 0 Å². The molecule has 0 saturated heterocycles. The Balaban J connectivity index is 2.41. The number of hydrogen-bond acceptors (Lipinski definition) is 3. The number of carbonyl (C=O) groups is 1. The largest absolute Gasteiger partial charge is 0.496 e. The molecule has 0 bridgehead atoms. The molecule has 3 nitrogen and oxygen atoms in total. The molecule has 4 heteroatoms. The Morgan fingerprint density at radius 2 is 1.89 bits per heavy atom. The van der Waals surface area contributed by atoms with Crippen molar-refractivity contribution in [1.29, 1.82) is 0 Å². The van der Waals surface area contributed by atoms with Crippen molar-refractivity contribution in [2.75, 3.05) is 6.61 Å². The van der Waals surface area contributed by atoms with Crippen LogP contribution in [0.15, 0.2) is 30.3 Å². The lowest BCUT2D eigenvalue weighted by Crippen LogP contribution is -2.29. The molecule has 0 fully saturated rings. The standard InChI is InChI=1S/C15H24O3Si/c1-3-5-7-12-15(16)18-19(17-4-2)13-14-10-8-6-9-11-14/h6,8-11,19H,3-5,7,12-13H2,1-2H3. The van der Waals surface area contributed by atoms with Crippen molar-refractivity contribution in [2.45, 2.75) is 45.6 Å². The molecule has 1 aromatic rings. The second-order valence-corrected chi connectivity index (χ2v) is 6.36. The van der Waals surface area contributed by atoms with Gasteiger partial charge in [-0.25, -0.2) is 0 Å². The predicted octanol–water partition coefficient (Wildman–Crippen LogP) is 3.15. The van der Waals surface area contributed by atoms with Gasteiger partial charge >= 0.3 is 9.28 Å². The van der Waals surface area contributed by atoms with Gasteiger partial charge in [0.15, 0.2) is 0 Å². The fraction of sp³-hybridized carbons (Fsp3) is 0.533. The number of unbranched alkanes of at least 4 members (excludes halogenated alkanes) is 2. The van der Waals surface area contributed by atoms with Crippen LogP contribution in [-0.2, 0) is 19.7 Å². The summed E-state index contributed by atoms with van der Waals surface area (Å²) in [5.41, 5.74) is 1.17. The molecule has 19 heavy (non-hydrogen) atoms. The van der Waals surface area contributed by atoms with Crippen LogP contribution in [-0.4, -0.2) is 21.9 Å². The summed E-state index contributed by atoms with van der Waals surface area (Å²) in [6.45, 7) is 4.67. The zero-order chi connectivity index (χ0) is 13.9. The fourth-order valence-corrected chi connectivity index (χ4v) is 3.56. The van der Waals surface area contributed by atoms with E-state index in [1.54, 1.807) is 0 Å². The molecule has 0 spiro atoms. The summed E-state index contributed by atoms with van der Waals surface area (Å²) < 4.78 is 11.1. The third-order valence-electron chi connectivity index (χ3n) is 2.85. The van der Waals surface area contributed by atoms with Gasteiger partial charge in [-0.2, -0.15) is 0 Å². The van der Waals surface area contributed by atoms with Crippen LogP contribution in [0.3, 0.4) is 0 Å². The first-order valence-corrected chi connectivity index (χ1v) is 8.87. The minimum absolute atomic E-state index is 0.102. The van der Waals surface area contributed by atoms with Gasteiger partial charge in [0, 0.05) is 19.1 Å². The van der Waals surface area contributed by atoms with E-state index in [2.05, 4.69) is 6.92 Å². The van der Waals surface area contributed by atoms with Gasteiger partial charge in [0.1, 0.15) is 0 Å². The Labute approximate surface area is 117 Å². The minimum Gasteiger partial charge on any atom is -0.496 e. The molecule has 0 amide bonds. The number of benzene rings is 1. The van der Waals surface area contributed by atoms with E-state index in [0.717, 1.165) is 25.3 Å². The number of carbonyl (C=O) groups excluding carboxylic acids is 1. The van der Waals surface area contributed by atoms with E-state index in [9.17, 15) is 4.79 Å². The summed E-state index contributed by atoms with van der Waals surface area (Å²) in [6, 6.07) is 10.8. The molecule has 106 valence electrons. The molecule has 0 N–H and O–H groups in total. The zero-order valence-corrected chi connectivity index (χ0v) is 13.1. The van der Waals surface area contributed by atoms with E-state index in [0.29, 0.717) is 13.0 Å². The average molecular weight is 280 g/mol. The van der Waals surface area contributed by atoms with Gasteiger partial charge in [-0.05, 0) is 18.9 Å². The lowest BCUT2D eigenvalue weighted by atomic mass is 10.2.